The van der Waals surface area contributed by atoms with Crippen molar-refractivity contribution in [1.82, 2.24) is 0 Å². The predicted molar refractivity (Wildman–Crippen MR) is 53.2 cm³/mol. The van der Waals surface area contributed by atoms with Gasteiger partial charge >= 0.3 is 0 Å². The van der Waals surface area contributed by atoms with Crippen LogP contribution in [0, 0.1) is 0 Å². The molecule has 1 heteroatoms. The molecule has 1 nitrogen and oxygen atoms in total. The van der Waals surface area contributed by atoms with Gasteiger partial charge < -0.3 is 4.79 Å². The van der Waals surface area contributed by atoms with E-state index in [1.165, 1.54) is 32.1 Å². The van der Waals surface area contributed by atoms with Crippen LogP contribution in [0.5, 0.6) is 0 Å². The van der Waals surface area contributed by atoms with E-state index in [0.29, 0.717) is 6.42 Å². The molecular weight excluding hydrogens is 148 g/mol. The number of hydrogen-bond acceptors (Lipinski definition) is 1. The minimum absolute atomic E-state index is 0.578. The van der Waals surface area contributed by atoms with Gasteiger partial charge in [-0.3, -0.25) is 0 Å². The van der Waals surface area contributed by atoms with Crippen LogP contribution in [-0.4, -0.2) is 6.29 Å². The van der Waals surface area contributed by atoms with Gasteiger partial charge in [0.1, 0.15) is 6.29 Å². The summed E-state index contributed by atoms with van der Waals surface area (Å²) in [5.41, 5.74) is 0. The third-order valence-electron chi connectivity index (χ3n) is 1.87. The number of hydrogen-bond donors (Lipinski definition) is 0. The molecule has 0 amide bonds. The van der Waals surface area contributed by atoms with E-state index in [4.69, 9.17) is 0 Å². The summed E-state index contributed by atoms with van der Waals surface area (Å²) in [7, 11) is 0. The van der Waals surface area contributed by atoms with Gasteiger partial charge in [-0.1, -0.05) is 44.8 Å². The molecule has 0 bridgehead atoms. The second kappa shape index (κ2) is 10.4. The highest BCUT2D eigenvalue weighted by Crippen LogP contribution is 2.05. The number of carbonyl (C=O) groups excluding carboxylic acids is 1. The molecule has 0 heterocycles. The summed E-state index contributed by atoms with van der Waals surface area (Å²) in [5, 5.41) is 0. The van der Waals surface area contributed by atoms with Crippen molar-refractivity contribution in [1.29, 1.82) is 0 Å². The minimum atomic E-state index is 0.578. The number of carbonyl (C=O) groups is 1. The number of rotatable bonds is 8. The predicted octanol–water partition coefficient (Wildman–Crippen LogP) is 3.49. The molecular formula is C11H20O. The van der Waals surface area contributed by atoms with E-state index >= 15 is 0 Å². The van der Waals surface area contributed by atoms with Crippen LogP contribution in [0.15, 0.2) is 12.2 Å². The Morgan fingerprint density at radius 1 is 1.00 bits per heavy atom. The maximum atomic E-state index is 9.93. The van der Waals surface area contributed by atoms with Gasteiger partial charge in [0.05, 0.1) is 0 Å². The van der Waals surface area contributed by atoms with Crippen LogP contribution < -0.4 is 0 Å². The summed E-state index contributed by atoms with van der Waals surface area (Å²) < 4.78 is 0. The van der Waals surface area contributed by atoms with E-state index in [0.717, 1.165) is 12.7 Å². The van der Waals surface area contributed by atoms with E-state index in [-0.39, 0.29) is 0 Å². The largest absolute Gasteiger partial charge is 0.303 e. The summed E-state index contributed by atoms with van der Waals surface area (Å²) in [5.74, 6) is 0. The standard InChI is InChI=1S/C11H20O/c1-2-3-4-5-6-7-8-9-10-11-12/h8-9,11H,2-7,10H2,1H3. The Kier molecular flexibility index (Phi) is 9.90. The molecule has 0 atom stereocenters. The van der Waals surface area contributed by atoms with E-state index in [1.807, 2.05) is 6.08 Å². The highest BCUT2D eigenvalue weighted by Gasteiger charge is 1.85. The van der Waals surface area contributed by atoms with Gasteiger partial charge in [-0.2, -0.15) is 0 Å². The first-order valence-electron chi connectivity index (χ1n) is 5.00. The van der Waals surface area contributed by atoms with Crippen molar-refractivity contribution in [2.75, 3.05) is 0 Å². The zero-order valence-corrected chi connectivity index (χ0v) is 8.09. The second-order valence-corrected chi connectivity index (χ2v) is 3.08. The molecule has 0 rings (SSSR count). The molecule has 0 spiro atoms. The number of allylic oxidation sites excluding steroid dienone is 2. The zero-order valence-electron chi connectivity index (χ0n) is 8.09. The lowest BCUT2D eigenvalue weighted by atomic mass is 10.1. The quantitative estimate of drug-likeness (QED) is 0.308. The van der Waals surface area contributed by atoms with Crippen LogP contribution in [0.3, 0.4) is 0 Å². The van der Waals surface area contributed by atoms with Crippen molar-refractivity contribution in [3.05, 3.63) is 12.2 Å². The maximum absolute atomic E-state index is 9.93. The SMILES string of the molecule is CCCCCCCC=CCC=O. The van der Waals surface area contributed by atoms with Crippen LogP contribution in [0.25, 0.3) is 0 Å². The highest BCUT2D eigenvalue weighted by molar-refractivity contribution is 5.51. The van der Waals surface area contributed by atoms with Gasteiger partial charge in [-0.15, -0.1) is 0 Å². The van der Waals surface area contributed by atoms with Gasteiger partial charge in [0, 0.05) is 6.42 Å². The fraction of sp³-hybridized carbons (Fsp3) is 0.727. The zero-order chi connectivity index (χ0) is 9.07. The molecule has 0 aromatic rings. The monoisotopic (exact) mass is 168 g/mol. The van der Waals surface area contributed by atoms with Gasteiger partial charge in [0.2, 0.25) is 0 Å². The molecule has 0 radical (unpaired) electrons. The van der Waals surface area contributed by atoms with Crippen molar-refractivity contribution < 1.29 is 4.79 Å². The highest BCUT2D eigenvalue weighted by atomic mass is 16.1. The van der Waals surface area contributed by atoms with E-state index in [2.05, 4.69) is 13.0 Å². The van der Waals surface area contributed by atoms with E-state index < -0.39 is 0 Å². The van der Waals surface area contributed by atoms with Crippen molar-refractivity contribution >= 4 is 6.29 Å². The summed E-state index contributed by atoms with van der Waals surface area (Å²) in [6.07, 6.45) is 13.3. The van der Waals surface area contributed by atoms with Crippen LogP contribution in [0.1, 0.15) is 51.9 Å². The summed E-state index contributed by atoms with van der Waals surface area (Å²) in [4.78, 5) is 9.93. The Bertz CT molecular complexity index is 116. The third-order valence-corrected chi connectivity index (χ3v) is 1.87. The Balaban J connectivity index is 2.94. The molecule has 0 aliphatic carbocycles. The Hall–Kier alpha value is -0.590. The summed E-state index contributed by atoms with van der Waals surface area (Å²) in [6, 6.07) is 0. The van der Waals surface area contributed by atoms with Crippen LogP contribution in [0.4, 0.5) is 0 Å². The normalized spacial score (nSPS) is 10.8. The molecule has 12 heavy (non-hydrogen) atoms. The van der Waals surface area contributed by atoms with E-state index in [9.17, 15) is 4.79 Å². The minimum Gasteiger partial charge on any atom is -0.303 e. The van der Waals surface area contributed by atoms with Gasteiger partial charge in [-0.05, 0) is 12.8 Å². The smallest absolute Gasteiger partial charge is 0.123 e. The topological polar surface area (TPSA) is 17.1 Å². The molecule has 0 saturated heterocycles. The second-order valence-electron chi connectivity index (χ2n) is 3.08. The molecule has 0 fully saturated rings. The lowest BCUT2D eigenvalue weighted by molar-refractivity contribution is -0.107. The van der Waals surface area contributed by atoms with E-state index in [1.54, 1.807) is 0 Å². The Morgan fingerprint density at radius 2 is 1.75 bits per heavy atom. The maximum Gasteiger partial charge on any atom is 0.123 e. The van der Waals surface area contributed by atoms with Crippen molar-refractivity contribution in [2.24, 2.45) is 0 Å². The molecule has 0 unspecified atom stereocenters. The Labute approximate surface area is 75.9 Å². The average Bonchev–Trinajstić information content (AvgIpc) is 2.10. The molecule has 0 saturated carbocycles. The number of unbranched alkanes of at least 4 members (excludes halogenated alkanes) is 5. The fourth-order valence-corrected chi connectivity index (χ4v) is 1.14. The lowest BCUT2D eigenvalue weighted by Gasteiger charge is -1.95. The molecule has 0 aliphatic rings. The molecule has 0 aromatic heterocycles. The first kappa shape index (κ1) is 11.4. The van der Waals surface area contributed by atoms with Crippen molar-refractivity contribution in [3.63, 3.8) is 0 Å². The Morgan fingerprint density at radius 3 is 2.42 bits per heavy atom. The molecule has 70 valence electrons. The van der Waals surface area contributed by atoms with Gasteiger partial charge in [0.15, 0.2) is 0 Å². The van der Waals surface area contributed by atoms with Crippen LogP contribution in [0.2, 0.25) is 0 Å². The van der Waals surface area contributed by atoms with Crippen LogP contribution >= 0.6 is 0 Å². The van der Waals surface area contributed by atoms with Crippen molar-refractivity contribution in [2.45, 2.75) is 51.9 Å². The molecule has 0 N–H and O–H groups in total. The lowest BCUT2D eigenvalue weighted by Crippen LogP contribution is -1.76. The molecule has 0 aliphatic heterocycles. The summed E-state index contributed by atoms with van der Waals surface area (Å²) >= 11 is 0. The van der Waals surface area contributed by atoms with Crippen molar-refractivity contribution in [3.8, 4) is 0 Å². The molecule has 0 aromatic carbocycles. The fourth-order valence-electron chi connectivity index (χ4n) is 1.14. The first-order chi connectivity index (χ1) is 5.91. The first-order valence-corrected chi connectivity index (χ1v) is 5.00. The average molecular weight is 168 g/mol. The third kappa shape index (κ3) is 9.41. The van der Waals surface area contributed by atoms with Crippen LogP contribution in [-0.2, 0) is 4.79 Å². The van der Waals surface area contributed by atoms with Gasteiger partial charge in [-0.25, -0.2) is 0 Å². The van der Waals surface area contributed by atoms with Gasteiger partial charge in [0.25, 0.3) is 0 Å². The number of aldehydes is 1. The summed E-state index contributed by atoms with van der Waals surface area (Å²) in [6.45, 7) is 2.23.